The number of halogens is 1. The summed E-state index contributed by atoms with van der Waals surface area (Å²) in [6.45, 7) is 2.53. The molecule has 0 aliphatic carbocycles. The second-order valence-electron chi connectivity index (χ2n) is 4.53. The minimum absolute atomic E-state index is 0.536. The third-order valence-electron chi connectivity index (χ3n) is 3.40. The minimum atomic E-state index is 0.536. The SMILES string of the molecule is NCc1ccc(N2CCc3sccc3C2)c(Cl)c1. The van der Waals surface area contributed by atoms with Gasteiger partial charge in [0.1, 0.15) is 0 Å². The predicted octanol–water partition coefficient (Wildman–Crippen LogP) is 3.42. The van der Waals surface area contributed by atoms with Crippen LogP contribution in [0.4, 0.5) is 5.69 Å². The van der Waals surface area contributed by atoms with Crippen molar-refractivity contribution in [3.05, 3.63) is 50.7 Å². The summed E-state index contributed by atoms with van der Waals surface area (Å²) >= 11 is 8.20. The lowest BCUT2D eigenvalue weighted by Crippen LogP contribution is -2.29. The molecular formula is C14H15ClN2S. The Labute approximate surface area is 116 Å². The van der Waals surface area contributed by atoms with Crippen molar-refractivity contribution in [3.63, 3.8) is 0 Å². The smallest absolute Gasteiger partial charge is 0.0642 e. The van der Waals surface area contributed by atoms with Crippen LogP contribution in [0.2, 0.25) is 5.02 Å². The van der Waals surface area contributed by atoms with Crippen molar-refractivity contribution in [3.8, 4) is 0 Å². The van der Waals surface area contributed by atoms with Crippen LogP contribution in [0, 0.1) is 0 Å². The number of hydrogen-bond acceptors (Lipinski definition) is 3. The maximum Gasteiger partial charge on any atom is 0.0642 e. The van der Waals surface area contributed by atoms with E-state index in [-0.39, 0.29) is 0 Å². The zero-order valence-electron chi connectivity index (χ0n) is 10.0. The molecule has 0 saturated heterocycles. The Balaban J connectivity index is 1.88. The first-order valence-corrected chi connectivity index (χ1v) is 7.32. The lowest BCUT2D eigenvalue weighted by atomic mass is 10.1. The molecule has 2 heterocycles. The van der Waals surface area contributed by atoms with Crippen LogP contribution in [0.3, 0.4) is 0 Å². The van der Waals surface area contributed by atoms with E-state index in [0.717, 1.165) is 35.8 Å². The van der Waals surface area contributed by atoms with Gasteiger partial charge in [-0.2, -0.15) is 0 Å². The molecule has 1 aliphatic heterocycles. The maximum atomic E-state index is 6.35. The fraction of sp³-hybridized carbons (Fsp3) is 0.286. The van der Waals surface area contributed by atoms with E-state index in [1.165, 1.54) is 10.4 Å². The Kier molecular flexibility index (Phi) is 3.29. The summed E-state index contributed by atoms with van der Waals surface area (Å²) in [6.07, 6.45) is 1.11. The molecule has 0 spiro atoms. The number of nitrogens with zero attached hydrogens (tertiary/aromatic N) is 1. The molecule has 18 heavy (non-hydrogen) atoms. The van der Waals surface area contributed by atoms with Gasteiger partial charge in [0.2, 0.25) is 0 Å². The molecule has 1 aromatic carbocycles. The molecule has 3 rings (SSSR count). The monoisotopic (exact) mass is 278 g/mol. The molecular weight excluding hydrogens is 264 g/mol. The van der Waals surface area contributed by atoms with Crippen molar-refractivity contribution < 1.29 is 0 Å². The van der Waals surface area contributed by atoms with E-state index in [1.54, 1.807) is 0 Å². The van der Waals surface area contributed by atoms with Crippen molar-refractivity contribution >= 4 is 28.6 Å². The van der Waals surface area contributed by atoms with Crippen LogP contribution in [0.15, 0.2) is 29.6 Å². The highest BCUT2D eigenvalue weighted by atomic mass is 35.5. The van der Waals surface area contributed by atoms with Gasteiger partial charge >= 0.3 is 0 Å². The number of fused-ring (bicyclic) bond motifs is 1. The van der Waals surface area contributed by atoms with Crippen LogP contribution < -0.4 is 10.6 Å². The van der Waals surface area contributed by atoms with Crippen LogP contribution in [-0.4, -0.2) is 6.54 Å². The van der Waals surface area contributed by atoms with E-state index in [9.17, 15) is 0 Å². The molecule has 2 aromatic rings. The topological polar surface area (TPSA) is 29.3 Å². The van der Waals surface area contributed by atoms with E-state index < -0.39 is 0 Å². The highest BCUT2D eigenvalue weighted by Gasteiger charge is 2.19. The van der Waals surface area contributed by atoms with Gasteiger partial charge in [-0.3, -0.25) is 0 Å². The molecule has 0 unspecified atom stereocenters. The quantitative estimate of drug-likeness (QED) is 0.912. The molecule has 0 fully saturated rings. The molecule has 94 valence electrons. The number of anilines is 1. The summed E-state index contributed by atoms with van der Waals surface area (Å²) in [5.41, 5.74) is 9.26. The van der Waals surface area contributed by atoms with Gasteiger partial charge in [-0.05, 0) is 41.1 Å². The van der Waals surface area contributed by atoms with Gasteiger partial charge in [0.15, 0.2) is 0 Å². The standard InChI is InChI=1S/C14H15ClN2S/c15-12-7-10(8-16)1-2-13(12)17-5-3-14-11(9-17)4-6-18-14/h1-2,4,6-7H,3,5,8-9,16H2. The van der Waals surface area contributed by atoms with E-state index in [1.807, 2.05) is 17.4 Å². The number of benzene rings is 1. The van der Waals surface area contributed by atoms with Crippen LogP contribution in [-0.2, 0) is 19.5 Å². The molecule has 1 aliphatic rings. The molecule has 0 amide bonds. The van der Waals surface area contributed by atoms with E-state index in [2.05, 4.69) is 28.5 Å². The zero-order valence-corrected chi connectivity index (χ0v) is 11.6. The largest absolute Gasteiger partial charge is 0.366 e. The first kappa shape index (κ1) is 12.0. The highest BCUT2D eigenvalue weighted by Crippen LogP contribution is 2.32. The fourth-order valence-electron chi connectivity index (χ4n) is 2.39. The molecule has 2 N–H and O–H groups in total. The van der Waals surface area contributed by atoms with Gasteiger partial charge in [0.05, 0.1) is 10.7 Å². The van der Waals surface area contributed by atoms with Crippen LogP contribution in [0.5, 0.6) is 0 Å². The van der Waals surface area contributed by atoms with Crippen LogP contribution in [0.25, 0.3) is 0 Å². The predicted molar refractivity (Wildman–Crippen MR) is 78.4 cm³/mol. The summed E-state index contributed by atoms with van der Waals surface area (Å²) in [7, 11) is 0. The van der Waals surface area contributed by atoms with Crippen molar-refractivity contribution in [1.29, 1.82) is 0 Å². The van der Waals surface area contributed by atoms with Gasteiger partial charge in [-0.1, -0.05) is 17.7 Å². The van der Waals surface area contributed by atoms with Gasteiger partial charge in [-0.15, -0.1) is 11.3 Å². The van der Waals surface area contributed by atoms with Gasteiger partial charge < -0.3 is 10.6 Å². The Morgan fingerprint density at radius 3 is 3.00 bits per heavy atom. The maximum absolute atomic E-state index is 6.35. The second kappa shape index (κ2) is 4.92. The number of thiophene rings is 1. The third-order valence-corrected chi connectivity index (χ3v) is 4.72. The Hall–Kier alpha value is -1.03. The van der Waals surface area contributed by atoms with Crippen LogP contribution >= 0.6 is 22.9 Å². The summed E-state index contributed by atoms with van der Waals surface area (Å²) in [5, 5.41) is 2.98. The van der Waals surface area contributed by atoms with Crippen molar-refractivity contribution in [2.24, 2.45) is 5.73 Å². The van der Waals surface area contributed by atoms with Crippen molar-refractivity contribution in [2.45, 2.75) is 19.5 Å². The van der Waals surface area contributed by atoms with E-state index >= 15 is 0 Å². The van der Waals surface area contributed by atoms with Crippen LogP contribution in [0.1, 0.15) is 16.0 Å². The number of nitrogens with two attached hydrogens (primary N) is 1. The Morgan fingerprint density at radius 2 is 2.22 bits per heavy atom. The lowest BCUT2D eigenvalue weighted by molar-refractivity contribution is 0.743. The average Bonchev–Trinajstić information content (AvgIpc) is 2.85. The lowest BCUT2D eigenvalue weighted by Gasteiger charge is -2.30. The summed E-state index contributed by atoms with van der Waals surface area (Å²) in [6, 6.07) is 8.33. The van der Waals surface area contributed by atoms with Gasteiger partial charge in [-0.25, -0.2) is 0 Å². The minimum Gasteiger partial charge on any atom is -0.366 e. The van der Waals surface area contributed by atoms with Crippen molar-refractivity contribution in [1.82, 2.24) is 0 Å². The fourth-order valence-corrected chi connectivity index (χ4v) is 3.60. The first-order chi connectivity index (χ1) is 8.78. The summed E-state index contributed by atoms with van der Waals surface area (Å²) in [4.78, 5) is 3.86. The Bertz CT molecular complexity index is 565. The summed E-state index contributed by atoms with van der Waals surface area (Å²) < 4.78 is 0. The van der Waals surface area contributed by atoms with Crippen molar-refractivity contribution in [2.75, 3.05) is 11.4 Å². The molecule has 4 heteroatoms. The summed E-state index contributed by atoms with van der Waals surface area (Å²) in [5.74, 6) is 0. The molecule has 0 radical (unpaired) electrons. The third kappa shape index (κ3) is 2.14. The molecule has 0 saturated carbocycles. The second-order valence-corrected chi connectivity index (χ2v) is 5.94. The first-order valence-electron chi connectivity index (χ1n) is 6.06. The average molecular weight is 279 g/mol. The highest BCUT2D eigenvalue weighted by molar-refractivity contribution is 7.10. The van der Waals surface area contributed by atoms with Gasteiger partial charge in [0.25, 0.3) is 0 Å². The Morgan fingerprint density at radius 1 is 1.33 bits per heavy atom. The van der Waals surface area contributed by atoms with E-state index in [0.29, 0.717) is 6.54 Å². The van der Waals surface area contributed by atoms with Gasteiger partial charge in [0, 0.05) is 24.5 Å². The zero-order chi connectivity index (χ0) is 12.5. The normalized spacial score (nSPS) is 14.7. The molecule has 1 aromatic heterocycles. The number of hydrogen-bond donors (Lipinski definition) is 1. The van der Waals surface area contributed by atoms with E-state index in [4.69, 9.17) is 17.3 Å². The molecule has 0 bridgehead atoms. The molecule has 0 atom stereocenters. The number of rotatable bonds is 2. The molecule has 2 nitrogen and oxygen atoms in total.